The van der Waals surface area contributed by atoms with Crippen LogP contribution in [-0.2, 0) is 0 Å². The first-order chi connectivity index (χ1) is 9.97. The molecular weight excluding hydrogens is 375 g/mol. The van der Waals surface area contributed by atoms with Crippen LogP contribution in [0.4, 0.5) is 0 Å². The van der Waals surface area contributed by atoms with Crippen LogP contribution in [0.25, 0.3) is 0 Å². The van der Waals surface area contributed by atoms with Crippen molar-refractivity contribution in [1.29, 1.82) is 0 Å². The molecular formula is C15H11BrCl2N2O. The van der Waals surface area contributed by atoms with Gasteiger partial charge in [-0.05, 0) is 42.8 Å². The molecule has 0 fully saturated rings. The number of nitrogens with one attached hydrogen (secondary N) is 1. The Labute approximate surface area is 141 Å². The van der Waals surface area contributed by atoms with E-state index in [2.05, 4.69) is 26.5 Å². The van der Waals surface area contributed by atoms with E-state index in [4.69, 9.17) is 23.2 Å². The van der Waals surface area contributed by atoms with Gasteiger partial charge in [-0.15, -0.1) is 0 Å². The predicted molar refractivity (Wildman–Crippen MR) is 90.3 cm³/mol. The summed E-state index contributed by atoms with van der Waals surface area (Å²) in [5.74, 6) is -0.383. The number of hydrogen-bond donors (Lipinski definition) is 1. The van der Waals surface area contributed by atoms with E-state index in [-0.39, 0.29) is 10.9 Å². The smallest absolute Gasteiger partial charge is 0.267 e. The lowest BCUT2D eigenvalue weighted by Gasteiger charge is -2.05. The summed E-state index contributed by atoms with van der Waals surface area (Å²) in [6, 6.07) is 12.3. The molecule has 2 aromatic carbocycles. The van der Waals surface area contributed by atoms with Crippen molar-refractivity contribution in [1.82, 2.24) is 5.43 Å². The largest absolute Gasteiger partial charge is 0.272 e. The highest BCUT2D eigenvalue weighted by Gasteiger charge is 2.10. The van der Waals surface area contributed by atoms with Gasteiger partial charge in [-0.25, -0.2) is 5.43 Å². The number of carbonyl (C=O) groups excluding carboxylic acids is 1. The van der Waals surface area contributed by atoms with Crippen molar-refractivity contribution in [3.63, 3.8) is 0 Å². The molecule has 108 valence electrons. The summed E-state index contributed by atoms with van der Waals surface area (Å²) < 4.78 is 0.946. The van der Waals surface area contributed by atoms with Gasteiger partial charge in [0.1, 0.15) is 0 Å². The summed E-state index contributed by atoms with van der Waals surface area (Å²) >= 11 is 15.2. The second-order valence-corrected chi connectivity index (χ2v) is 6.03. The van der Waals surface area contributed by atoms with Gasteiger partial charge in [-0.2, -0.15) is 5.10 Å². The molecule has 0 aliphatic heterocycles. The maximum absolute atomic E-state index is 12.0. The Hall–Kier alpha value is -1.36. The number of hydrazone groups is 1. The molecule has 0 saturated carbocycles. The number of nitrogens with zero attached hydrogens (tertiary/aromatic N) is 1. The van der Waals surface area contributed by atoms with E-state index in [0.29, 0.717) is 16.3 Å². The van der Waals surface area contributed by atoms with Crippen molar-refractivity contribution in [2.75, 3.05) is 0 Å². The fourth-order valence-corrected chi connectivity index (χ4v) is 2.54. The Morgan fingerprint density at radius 3 is 2.62 bits per heavy atom. The van der Waals surface area contributed by atoms with Gasteiger partial charge in [0.15, 0.2) is 0 Å². The molecule has 21 heavy (non-hydrogen) atoms. The summed E-state index contributed by atoms with van der Waals surface area (Å²) in [4.78, 5) is 12.0. The van der Waals surface area contributed by atoms with E-state index in [1.54, 1.807) is 12.1 Å². The molecule has 0 atom stereocenters. The van der Waals surface area contributed by atoms with E-state index in [1.807, 2.05) is 31.2 Å². The summed E-state index contributed by atoms with van der Waals surface area (Å²) in [6.45, 7) is 1.81. The van der Waals surface area contributed by atoms with Crippen LogP contribution in [0.1, 0.15) is 22.8 Å². The molecule has 0 saturated heterocycles. The minimum Gasteiger partial charge on any atom is -0.267 e. The summed E-state index contributed by atoms with van der Waals surface area (Å²) in [5, 5.41) is 4.84. The van der Waals surface area contributed by atoms with Gasteiger partial charge in [0.2, 0.25) is 0 Å². The fourth-order valence-electron chi connectivity index (χ4n) is 1.65. The quantitative estimate of drug-likeness (QED) is 0.591. The SMILES string of the molecule is C/C(=N/NC(=O)c1ccc(Cl)cc1Cl)c1cccc(Br)c1. The molecule has 3 nitrogen and oxygen atoms in total. The maximum atomic E-state index is 12.0. The molecule has 1 amide bonds. The van der Waals surface area contributed by atoms with Gasteiger partial charge < -0.3 is 0 Å². The lowest BCUT2D eigenvalue weighted by atomic mass is 10.1. The van der Waals surface area contributed by atoms with Gasteiger partial charge in [-0.1, -0.05) is 51.3 Å². The number of benzene rings is 2. The number of amides is 1. The van der Waals surface area contributed by atoms with Crippen LogP contribution >= 0.6 is 39.1 Å². The van der Waals surface area contributed by atoms with Crippen molar-refractivity contribution in [3.05, 3.63) is 68.1 Å². The van der Waals surface area contributed by atoms with Gasteiger partial charge >= 0.3 is 0 Å². The Bertz CT molecular complexity index is 717. The second kappa shape index (κ2) is 7.07. The average molecular weight is 386 g/mol. The number of halogens is 3. The Balaban J connectivity index is 2.14. The normalized spacial score (nSPS) is 11.3. The first-order valence-electron chi connectivity index (χ1n) is 6.03. The van der Waals surface area contributed by atoms with Gasteiger partial charge in [0.25, 0.3) is 5.91 Å². The highest BCUT2D eigenvalue weighted by Crippen LogP contribution is 2.20. The van der Waals surface area contributed by atoms with Crippen molar-refractivity contribution in [2.45, 2.75) is 6.92 Å². The zero-order chi connectivity index (χ0) is 15.4. The predicted octanol–water partition coefficient (Wildman–Crippen LogP) is 4.91. The van der Waals surface area contributed by atoms with Crippen molar-refractivity contribution in [3.8, 4) is 0 Å². The zero-order valence-electron chi connectivity index (χ0n) is 11.0. The lowest BCUT2D eigenvalue weighted by molar-refractivity contribution is 0.0955. The van der Waals surface area contributed by atoms with Crippen LogP contribution in [0, 0.1) is 0 Å². The van der Waals surface area contributed by atoms with Crippen LogP contribution in [0.15, 0.2) is 52.0 Å². The van der Waals surface area contributed by atoms with E-state index in [1.165, 1.54) is 6.07 Å². The first kappa shape index (κ1) is 16.0. The van der Waals surface area contributed by atoms with Crippen molar-refractivity contribution >= 4 is 50.8 Å². The van der Waals surface area contributed by atoms with Crippen LogP contribution in [0.5, 0.6) is 0 Å². The zero-order valence-corrected chi connectivity index (χ0v) is 14.1. The first-order valence-corrected chi connectivity index (χ1v) is 7.58. The minimum absolute atomic E-state index is 0.287. The lowest BCUT2D eigenvalue weighted by Crippen LogP contribution is -2.19. The number of carbonyl (C=O) groups is 1. The molecule has 0 aliphatic rings. The standard InChI is InChI=1S/C15H11BrCl2N2O/c1-9(10-3-2-4-11(16)7-10)19-20-15(21)13-6-5-12(17)8-14(13)18/h2-8H,1H3,(H,20,21)/b19-9-. The molecule has 2 aromatic rings. The molecule has 0 heterocycles. The fraction of sp³-hybridized carbons (Fsp3) is 0.0667. The highest BCUT2D eigenvalue weighted by atomic mass is 79.9. The van der Waals surface area contributed by atoms with Crippen LogP contribution in [-0.4, -0.2) is 11.6 Å². The molecule has 0 aliphatic carbocycles. The monoisotopic (exact) mass is 384 g/mol. The van der Waals surface area contributed by atoms with E-state index < -0.39 is 0 Å². The van der Waals surface area contributed by atoms with E-state index >= 15 is 0 Å². The van der Waals surface area contributed by atoms with Crippen LogP contribution in [0.3, 0.4) is 0 Å². The average Bonchev–Trinajstić information content (AvgIpc) is 2.44. The topological polar surface area (TPSA) is 41.5 Å². The Kier molecular flexibility index (Phi) is 5.39. The van der Waals surface area contributed by atoms with Gasteiger partial charge in [0, 0.05) is 9.50 Å². The molecule has 0 aromatic heterocycles. The van der Waals surface area contributed by atoms with E-state index in [0.717, 1.165) is 10.0 Å². The molecule has 0 radical (unpaired) electrons. The molecule has 0 unspecified atom stereocenters. The second-order valence-electron chi connectivity index (χ2n) is 4.27. The summed E-state index contributed by atoms with van der Waals surface area (Å²) in [6.07, 6.45) is 0. The van der Waals surface area contributed by atoms with Crippen molar-refractivity contribution < 1.29 is 4.79 Å². The molecule has 1 N–H and O–H groups in total. The molecule has 0 spiro atoms. The summed E-state index contributed by atoms with van der Waals surface area (Å²) in [5.41, 5.74) is 4.41. The van der Waals surface area contributed by atoms with Gasteiger partial charge in [0.05, 0.1) is 16.3 Å². The van der Waals surface area contributed by atoms with Crippen LogP contribution in [0.2, 0.25) is 10.0 Å². The number of rotatable bonds is 3. The maximum Gasteiger partial charge on any atom is 0.272 e. The molecule has 2 rings (SSSR count). The third-order valence-corrected chi connectivity index (χ3v) is 3.78. The Morgan fingerprint density at radius 2 is 1.95 bits per heavy atom. The van der Waals surface area contributed by atoms with Crippen LogP contribution < -0.4 is 5.43 Å². The minimum atomic E-state index is -0.383. The molecule has 0 bridgehead atoms. The number of hydrogen-bond acceptors (Lipinski definition) is 2. The highest BCUT2D eigenvalue weighted by molar-refractivity contribution is 9.10. The third-order valence-electron chi connectivity index (χ3n) is 2.74. The van der Waals surface area contributed by atoms with Crippen molar-refractivity contribution in [2.24, 2.45) is 5.10 Å². The summed E-state index contributed by atoms with van der Waals surface area (Å²) in [7, 11) is 0. The molecule has 6 heteroatoms. The van der Waals surface area contributed by atoms with Gasteiger partial charge in [-0.3, -0.25) is 4.79 Å². The third kappa shape index (κ3) is 4.30. The van der Waals surface area contributed by atoms with E-state index in [9.17, 15) is 4.79 Å². The Morgan fingerprint density at radius 1 is 1.19 bits per heavy atom.